The number of nitrogens with zero attached hydrogens (tertiary/aromatic N) is 1. The zero-order valence-corrected chi connectivity index (χ0v) is 7.68. The van der Waals surface area contributed by atoms with Gasteiger partial charge in [0.15, 0.2) is 0 Å². The van der Waals surface area contributed by atoms with Gasteiger partial charge in [0, 0.05) is 20.2 Å². The summed E-state index contributed by atoms with van der Waals surface area (Å²) in [6, 6.07) is 0. The molecule has 0 rings (SSSR count). The summed E-state index contributed by atoms with van der Waals surface area (Å²) < 4.78 is 4.96. The van der Waals surface area contributed by atoms with Crippen molar-refractivity contribution >= 4 is 0 Å². The van der Waals surface area contributed by atoms with Crippen LogP contribution < -0.4 is 0 Å². The first-order valence-electron chi connectivity index (χ1n) is 4.20. The summed E-state index contributed by atoms with van der Waals surface area (Å²) in [6.07, 6.45) is 4.35. The van der Waals surface area contributed by atoms with Gasteiger partial charge in [-0.2, -0.15) is 0 Å². The minimum Gasteiger partial charge on any atom is -0.383 e. The highest BCUT2D eigenvalue weighted by molar-refractivity contribution is 4.69. The molecule has 0 aromatic heterocycles. The highest BCUT2D eigenvalue weighted by Crippen LogP contribution is 1.94. The number of hydrogen-bond donors (Lipinski definition) is 0. The van der Waals surface area contributed by atoms with Crippen LogP contribution in [0.3, 0.4) is 0 Å². The fourth-order valence-corrected chi connectivity index (χ4v) is 0.864. The Labute approximate surface area is 69.8 Å². The van der Waals surface area contributed by atoms with Crippen LogP contribution in [0.2, 0.25) is 0 Å². The van der Waals surface area contributed by atoms with Gasteiger partial charge in [0.25, 0.3) is 0 Å². The monoisotopic (exact) mass is 157 g/mol. The maximum Gasteiger partial charge on any atom is 0.0637 e. The van der Waals surface area contributed by atoms with Crippen molar-refractivity contribution < 1.29 is 4.74 Å². The fourth-order valence-electron chi connectivity index (χ4n) is 0.864. The lowest BCUT2D eigenvalue weighted by molar-refractivity contribution is 0.169. The third-order valence-corrected chi connectivity index (χ3v) is 1.64. The van der Waals surface area contributed by atoms with Crippen molar-refractivity contribution in [1.82, 2.24) is 4.90 Å². The second-order valence-corrected chi connectivity index (χ2v) is 2.56. The molecule has 0 saturated heterocycles. The van der Waals surface area contributed by atoms with Crippen LogP contribution in [0.4, 0.5) is 0 Å². The Morgan fingerprint density at radius 1 is 1.45 bits per heavy atom. The van der Waals surface area contributed by atoms with Gasteiger partial charge in [-0.3, -0.25) is 0 Å². The van der Waals surface area contributed by atoms with Gasteiger partial charge in [-0.15, -0.1) is 0 Å². The Bertz CT molecular complexity index is 85.6. The third-order valence-electron chi connectivity index (χ3n) is 1.64. The Morgan fingerprint density at radius 3 is 2.64 bits per heavy atom. The SMILES string of the molecule is C=CN(CCCC)CCOC. The standard InChI is InChI=1S/C9H19NO/c1-4-6-7-10(5-2)8-9-11-3/h5H,2,4,6-9H2,1,3H3. The number of methoxy groups -OCH3 is 1. The quantitative estimate of drug-likeness (QED) is 0.559. The van der Waals surface area contributed by atoms with Gasteiger partial charge < -0.3 is 9.64 Å². The van der Waals surface area contributed by atoms with Gasteiger partial charge in [-0.1, -0.05) is 19.9 Å². The van der Waals surface area contributed by atoms with Crippen LogP contribution >= 0.6 is 0 Å². The molecule has 0 saturated carbocycles. The first-order valence-corrected chi connectivity index (χ1v) is 4.20. The van der Waals surface area contributed by atoms with Gasteiger partial charge in [0.1, 0.15) is 0 Å². The fraction of sp³-hybridized carbons (Fsp3) is 0.778. The van der Waals surface area contributed by atoms with E-state index in [0.29, 0.717) is 0 Å². The molecule has 0 amide bonds. The van der Waals surface area contributed by atoms with Crippen LogP contribution in [0, 0.1) is 0 Å². The summed E-state index contributed by atoms with van der Waals surface area (Å²) in [5, 5.41) is 0. The molecule has 0 N–H and O–H groups in total. The average molecular weight is 157 g/mol. The Balaban J connectivity index is 3.33. The molecular weight excluding hydrogens is 138 g/mol. The van der Waals surface area contributed by atoms with Crippen LogP contribution in [0.25, 0.3) is 0 Å². The van der Waals surface area contributed by atoms with Crippen molar-refractivity contribution in [3.63, 3.8) is 0 Å². The molecule has 66 valence electrons. The van der Waals surface area contributed by atoms with Gasteiger partial charge in [-0.25, -0.2) is 0 Å². The summed E-state index contributed by atoms with van der Waals surface area (Å²) >= 11 is 0. The molecule has 0 bridgehead atoms. The van der Waals surface area contributed by atoms with Crippen molar-refractivity contribution in [3.05, 3.63) is 12.8 Å². The second-order valence-electron chi connectivity index (χ2n) is 2.56. The third kappa shape index (κ3) is 5.92. The Kier molecular flexibility index (Phi) is 7.26. The Morgan fingerprint density at radius 2 is 2.18 bits per heavy atom. The summed E-state index contributed by atoms with van der Waals surface area (Å²) in [6.45, 7) is 8.78. The topological polar surface area (TPSA) is 12.5 Å². The van der Waals surface area contributed by atoms with Crippen molar-refractivity contribution in [3.8, 4) is 0 Å². The summed E-state index contributed by atoms with van der Waals surface area (Å²) in [4.78, 5) is 2.19. The smallest absolute Gasteiger partial charge is 0.0637 e. The minimum atomic E-state index is 0.787. The lowest BCUT2D eigenvalue weighted by Crippen LogP contribution is -2.22. The molecule has 0 spiro atoms. The van der Waals surface area contributed by atoms with E-state index >= 15 is 0 Å². The van der Waals surface area contributed by atoms with E-state index < -0.39 is 0 Å². The summed E-state index contributed by atoms with van der Waals surface area (Å²) in [5.41, 5.74) is 0. The van der Waals surface area contributed by atoms with Crippen molar-refractivity contribution in [2.45, 2.75) is 19.8 Å². The molecule has 2 heteroatoms. The molecule has 0 aliphatic rings. The summed E-state index contributed by atoms with van der Waals surface area (Å²) in [5.74, 6) is 0. The first-order chi connectivity index (χ1) is 5.35. The van der Waals surface area contributed by atoms with Gasteiger partial charge in [-0.05, 0) is 12.6 Å². The number of hydrogen-bond acceptors (Lipinski definition) is 2. The molecule has 0 unspecified atom stereocenters. The van der Waals surface area contributed by atoms with E-state index in [4.69, 9.17) is 4.74 Å². The molecule has 0 radical (unpaired) electrons. The molecule has 2 nitrogen and oxygen atoms in total. The van der Waals surface area contributed by atoms with Crippen LogP contribution in [-0.2, 0) is 4.74 Å². The number of unbranched alkanes of at least 4 members (excludes halogenated alkanes) is 1. The lowest BCUT2D eigenvalue weighted by Gasteiger charge is -2.18. The highest BCUT2D eigenvalue weighted by atomic mass is 16.5. The first kappa shape index (κ1) is 10.5. The molecule has 0 atom stereocenters. The van der Waals surface area contributed by atoms with Gasteiger partial charge in [0.2, 0.25) is 0 Å². The maximum atomic E-state index is 4.96. The molecule has 0 fully saturated rings. The van der Waals surface area contributed by atoms with E-state index in [1.807, 2.05) is 6.20 Å². The number of rotatable bonds is 7. The predicted molar refractivity (Wildman–Crippen MR) is 48.6 cm³/mol. The second kappa shape index (κ2) is 7.61. The van der Waals surface area contributed by atoms with Gasteiger partial charge >= 0.3 is 0 Å². The molecule has 0 aliphatic heterocycles. The van der Waals surface area contributed by atoms with Crippen LogP contribution in [0.1, 0.15) is 19.8 Å². The molecule has 0 aromatic rings. The zero-order chi connectivity index (χ0) is 8.53. The van der Waals surface area contributed by atoms with Gasteiger partial charge in [0.05, 0.1) is 6.61 Å². The largest absolute Gasteiger partial charge is 0.383 e. The Hall–Kier alpha value is -0.500. The maximum absolute atomic E-state index is 4.96. The zero-order valence-electron chi connectivity index (χ0n) is 7.68. The predicted octanol–water partition coefficient (Wildman–Crippen LogP) is 1.88. The van der Waals surface area contributed by atoms with E-state index in [2.05, 4.69) is 18.4 Å². The normalized spacial score (nSPS) is 9.64. The van der Waals surface area contributed by atoms with Crippen LogP contribution in [0.5, 0.6) is 0 Å². The van der Waals surface area contributed by atoms with Crippen molar-refractivity contribution in [2.75, 3.05) is 26.8 Å². The summed E-state index contributed by atoms with van der Waals surface area (Å²) in [7, 11) is 1.72. The molecule has 0 aromatic carbocycles. The van der Waals surface area contributed by atoms with E-state index in [9.17, 15) is 0 Å². The molecular formula is C9H19NO. The molecule has 11 heavy (non-hydrogen) atoms. The average Bonchev–Trinajstić information content (AvgIpc) is 2.05. The highest BCUT2D eigenvalue weighted by Gasteiger charge is 1.95. The minimum absolute atomic E-state index is 0.787. The van der Waals surface area contributed by atoms with E-state index in [1.165, 1.54) is 12.8 Å². The van der Waals surface area contributed by atoms with Crippen LogP contribution in [-0.4, -0.2) is 31.7 Å². The van der Waals surface area contributed by atoms with Crippen molar-refractivity contribution in [1.29, 1.82) is 0 Å². The van der Waals surface area contributed by atoms with E-state index in [-0.39, 0.29) is 0 Å². The van der Waals surface area contributed by atoms with Crippen LogP contribution in [0.15, 0.2) is 12.8 Å². The number of ether oxygens (including phenoxy) is 1. The lowest BCUT2D eigenvalue weighted by atomic mass is 10.3. The van der Waals surface area contributed by atoms with E-state index in [0.717, 1.165) is 19.7 Å². The molecule has 0 aliphatic carbocycles. The van der Waals surface area contributed by atoms with E-state index in [1.54, 1.807) is 7.11 Å². The van der Waals surface area contributed by atoms with Crippen molar-refractivity contribution in [2.24, 2.45) is 0 Å². The molecule has 0 heterocycles.